The Balaban J connectivity index is 0. The summed E-state index contributed by atoms with van der Waals surface area (Å²) in [4.78, 5) is 0. The van der Waals surface area contributed by atoms with Gasteiger partial charge in [-0.05, 0) is 20.8 Å². The molecule has 0 aliphatic carbocycles. The zero-order valence-corrected chi connectivity index (χ0v) is 14.2. The Morgan fingerprint density at radius 3 is 1.33 bits per heavy atom. The van der Waals surface area contributed by atoms with Gasteiger partial charge in [0.15, 0.2) is 0 Å². The third-order valence-corrected chi connectivity index (χ3v) is 3.50. The predicted octanol–water partition coefficient (Wildman–Crippen LogP) is 1.45. The van der Waals surface area contributed by atoms with Gasteiger partial charge in [0, 0.05) is 0 Å². The molecule has 0 aromatic heterocycles. The summed E-state index contributed by atoms with van der Waals surface area (Å²) in [5, 5.41) is 1.62. The first-order valence-electron chi connectivity index (χ1n) is 3.00. The normalized spacial score (nSPS) is 8.67. The molecule has 0 nitrogen and oxygen atoms in total. The zero-order chi connectivity index (χ0) is 6.73. The van der Waals surface area contributed by atoms with Crippen molar-refractivity contribution in [2.45, 2.75) is 33.9 Å². The van der Waals surface area contributed by atoms with E-state index >= 15 is 0 Å². The van der Waals surface area contributed by atoms with Crippen LogP contribution in [0.1, 0.15) is 20.8 Å². The first-order valence-corrected chi connectivity index (χ1v) is 5.50. The molecule has 0 atom stereocenters. The van der Waals surface area contributed by atoms with Gasteiger partial charge in [0.25, 0.3) is 0 Å². The van der Waals surface area contributed by atoms with Crippen LogP contribution in [0.15, 0.2) is 10.8 Å². The molecule has 9 heavy (non-hydrogen) atoms. The number of allylic oxidation sites excluding steroid dienone is 2. The van der Waals surface area contributed by atoms with Crippen LogP contribution in [0.2, 0.25) is 13.1 Å². The van der Waals surface area contributed by atoms with Crippen LogP contribution in [-0.4, -0.2) is 32.7 Å². The van der Waals surface area contributed by atoms with Crippen molar-refractivity contribution in [1.29, 1.82) is 0 Å². The summed E-state index contributed by atoms with van der Waals surface area (Å²) >= 11 is 0. The second kappa shape index (κ2) is 5.53. The van der Waals surface area contributed by atoms with E-state index in [1.165, 1.54) is 5.57 Å². The number of rotatable bonds is 1. The molecule has 0 aliphatic heterocycles. The van der Waals surface area contributed by atoms with Gasteiger partial charge in [0.2, 0.25) is 0 Å². The molecule has 2 radical (unpaired) electrons. The third kappa shape index (κ3) is 5.21. The Bertz CT molecular complexity index is 101. The summed E-state index contributed by atoms with van der Waals surface area (Å²) in [6.45, 7) is 11.3. The molecule has 0 unspecified atom stereocenters. The van der Waals surface area contributed by atoms with Crippen molar-refractivity contribution in [3.05, 3.63) is 10.8 Å². The molecule has 0 aromatic rings. The molecule has 0 N–H and O–H groups in total. The molecule has 0 aromatic carbocycles. The van der Waals surface area contributed by atoms with Crippen LogP contribution in [0.25, 0.3) is 0 Å². The van der Waals surface area contributed by atoms with E-state index in [-0.39, 0.29) is 32.7 Å². The molecular formula is C7H18SiSn. The molecule has 2 heteroatoms. The second-order valence-electron chi connectivity index (χ2n) is 2.62. The fourth-order valence-corrected chi connectivity index (χ4v) is 1.50. The first-order chi connectivity index (χ1) is 3.55. The van der Waals surface area contributed by atoms with Crippen LogP contribution in [0.4, 0.5) is 0 Å². The van der Waals surface area contributed by atoms with Crippen molar-refractivity contribution in [1.82, 2.24) is 0 Å². The Hall–Kier alpha value is 0.756. The van der Waals surface area contributed by atoms with Gasteiger partial charge >= 0.3 is 23.9 Å². The fourth-order valence-electron chi connectivity index (χ4n) is 0.500. The van der Waals surface area contributed by atoms with Crippen LogP contribution in [-0.2, 0) is 0 Å². The summed E-state index contributed by atoms with van der Waals surface area (Å²) in [5.41, 5.74) is 1.50. The topological polar surface area (TPSA) is 0 Å². The Morgan fingerprint density at radius 1 is 1.00 bits per heavy atom. The summed E-state index contributed by atoms with van der Waals surface area (Å²) in [7, 11) is -0.132. The summed E-state index contributed by atoms with van der Waals surface area (Å²) in [6.07, 6.45) is 0. The van der Waals surface area contributed by atoms with E-state index in [4.69, 9.17) is 0 Å². The van der Waals surface area contributed by atoms with Gasteiger partial charge in [-0.15, -0.1) is 0 Å². The molecule has 0 heterocycles. The van der Waals surface area contributed by atoms with Gasteiger partial charge in [-0.25, -0.2) is 0 Å². The molecule has 0 spiro atoms. The van der Waals surface area contributed by atoms with E-state index in [1.54, 1.807) is 5.20 Å². The van der Waals surface area contributed by atoms with E-state index in [0.717, 1.165) is 0 Å². The molecule has 0 saturated carbocycles. The second-order valence-corrected chi connectivity index (χ2v) is 5.38. The maximum absolute atomic E-state index is 2.33. The molecule has 0 aliphatic rings. The van der Waals surface area contributed by atoms with Crippen LogP contribution in [0, 0.1) is 0 Å². The third-order valence-electron chi connectivity index (χ3n) is 1.50. The van der Waals surface area contributed by atoms with Gasteiger partial charge in [-0.1, -0.05) is 23.9 Å². The van der Waals surface area contributed by atoms with Gasteiger partial charge in [0.05, 0.1) is 8.80 Å². The fraction of sp³-hybridized carbons (Fsp3) is 0.714. The average Bonchev–Trinajstić information content (AvgIpc) is 1.64. The van der Waals surface area contributed by atoms with Crippen molar-refractivity contribution in [2.24, 2.45) is 0 Å². The minimum absolute atomic E-state index is 0. The van der Waals surface area contributed by atoms with Crippen LogP contribution in [0.5, 0.6) is 0 Å². The monoisotopic (exact) mass is 250 g/mol. The van der Waals surface area contributed by atoms with Crippen LogP contribution >= 0.6 is 0 Å². The van der Waals surface area contributed by atoms with Crippen LogP contribution in [0.3, 0.4) is 0 Å². The Kier molecular flexibility index (Phi) is 7.64. The molecule has 0 bridgehead atoms. The predicted molar refractivity (Wildman–Crippen MR) is 51.5 cm³/mol. The minimum atomic E-state index is -0.132. The maximum atomic E-state index is 2.33. The van der Waals surface area contributed by atoms with E-state index in [1.807, 2.05) is 0 Å². The zero-order valence-electron chi connectivity index (χ0n) is 7.50. The van der Waals surface area contributed by atoms with E-state index < -0.39 is 0 Å². The molecular weight excluding hydrogens is 231 g/mol. The molecule has 0 fully saturated rings. The van der Waals surface area contributed by atoms with Gasteiger partial charge in [-0.2, -0.15) is 0 Å². The van der Waals surface area contributed by atoms with Crippen molar-refractivity contribution in [3.63, 3.8) is 0 Å². The molecule has 0 rings (SSSR count). The molecule has 0 saturated heterocycles. The van der Waals surface area contributed by atoms with Crippen LogP contribution < -0.4 is 0 Å². The summed E-state index contributed by atoms with van der Waals surface area (Å²) in [6, 6.07) is 0. The SMILES string of the molecule is CC(C)=C(C)[Si](C)C.[SnH3]. The van der Waals surface area contributed by atoms with Gasteiger partial charge in [0.1, 0.15) is 0 Å². The number of hydrogen-bond donors (Lipinski definition) is 0. The van der Waals surface area contributed by atoms with Gasteiger partial charge in [-0.3, -0.25) is 0 Å². The van der Waals surface area contributed by atoms with Crippen molar-refractivity contribution in [2.75, 3.05) is 0 Å². The van der Waals surface area contributed by atoms with Crippen molar-refractivity contribution < 1.29 is 0 Å². The number of hydrogen-bond acceptors (Lipinski definition) is 0. The first kappa shape index (κ1) is 12.4. The standard InChI is InChI=1S/C7H15Si.Sn.3H/c1-6(2)7(3)8(4)5;;;;/h1-5H3;;;;. The van der Waals surface area contributed by atoms with Crippen molar-refractivity contribution >= 4 is 32.7 Å². The molecule has 0 amide bonds. The average molecular weight is 249 g/mol. The summed E-state index contributed by atoms with van der Waals surface area (Å²) in [5.74, 6) is 0. The molecule has 54 valence electrons. The Morgan fingerprint density at radius 2 is 1.33 bits per heavy atom. The van der Waals surface area contributed by atoms with E-state index in [9.17, 15) is 0 Å². The van der Waals surface area contributed by atoms with Gasteiger partial charge < -0.3 is 0 Å². The van der Waals surface area contributed by atoms with Crippen molar-refractivity contribution in [3.8, 4) is 0 Å². The van der Waals surface area contributed by atoms with E-state index in [0.29, 0.717) is 0 Å². The van der Waals surface area contributed by atoms with E-state index in [2.05, 4.69) is 33.9 Å². The quantitative estimate of drug-likeness (QED) is 0.617. The summed E-state index contributed by atoms with van der Waals surface area (Å²) < 4.78 is 0. The Labute approximate surface area is 77.3 Å².